The molecule has 6 nitrogen and oxygen atoms in total. The average Bonchev–Trinajstić information content (AvgIpc) is 2.96. The minimum atomic E-state index is -3.31. The third-order valence-corrected chi connectivity index (χ3v) is 4.07. The summed E-state index contributed by atoms with van der Waals surface area (Å²) in [6, 6.07) is 6.02. The van der Waals surface area contributed by atoms with Crippen molar-refractivity contribution in [2.45, 2.75) is 17.7 Å². The van der Waals surface area contributed by atoms with Crippen LogP contribution in [-0.2, 0) is 16.3 Å². The summed E-state index contributed by atoms with van der Waals surface area (Å²) < 4.78 is 22.9. The molecule has 0 bridgehead atoms. The number of aromatic nitrogens is 2. The van der Waals surface area contributed by atoms with E-state index in [-0.39, 0.29) is 10.8 Å². The number of carbonyl (C=O) groups excluding carboxylic acids is 1. The van der Waals surface area contributed by atoms with E-state index in [1.54, 1.807) is 24.5 Å². The topological polar surface area (TPSA) is 91.9 Å². The third kappa shape index (κ3) is 4.42. The number of aromatic amines is 1. The fourth-order valence-electron chi connectivity index (χ4n) is 1.86. The number of aryl methyl sites for hydroxylation is 1. The molecule has 0 radical (unpaired) electrons. The molecule has 0 fully saturated rings. The Morgan fingerprint density at radius 2 is 2.19 bits per heavy atom. The number of H-pyrrole nitrogens is 1. The lowest BCUT2D eigenvalue weighted by atomic mass is 10.2. The molecular weight excluding hydrogens is 290 g/mol. The smallest absolute Gasteiger partial charge is 0.251 e. The predicted molar refractivity (Wildman–Crippen MR) is 78.8 cm³/mol. The molecule has 0 aliphatic rings. The maximum atomic E-state index is 12.0. The second kappa shape index (κ2) is 6.53. The summed E-state index contributed by atoms with van der Waals surface area (Å²) in [5.41, 5.74) is 0.343. The number of nitrogens with zero attached hydrogens (tertiary/aromatic N) is 1. The van der Waals surface area contributed by atoms with Gasteiger partial charge >= 0.3 is 0 Å². The Kier molecular flexibility index (Phi) is 4.74. The number of hydrogen-bond acceptors (Lipinski definition) is 4. The molecule has 0 aliphatic heterocycles. The van der Waals surface area contributed by atoms with Crippen molar-refractivity contribution in [2.75, 3.05) is 12.8 Å². The highest BCUT2D eigenvalue weighted by Gasteiger charge is 2.11. The zero-order valence-corrected chi connectivity index (χ0v) is 12.5. The number of rotatable bonds is 6. The van der Waals surface area contributed by atoms with Gasteiger partial charge in [-0.15, -0.1) is 0 Å². The zero-order chi connectivity index (χ0) is 15.3. The van der Waals surface area contributed by atoms with E-state index in [1.165, 1.54) is 12.1 Å². The van der Waals surface area contributed by atoms with E-state index in [2.05, 4.69) is 15.3 Å². The van der Waals surface area contributed by atoms with E-state index in [4.69, 9.17) is 0 Å². The van der Waals surface area contributed by atoms with Gasteiger partial charge in [0, 0.05) is 37.2 Å². The summed E-state index contributed by atoms with van der Waals surface area (Å²) in [6.45, 7) is 0.503. The molecule has 1 amide bonds. The molecule has 0 atom stereocenters. The lowest BCUT2D eigenvalue weighted by molar-refractivity contribution is 0.0953. The molecular formula is C14H17N3O3S. The van der Waals surface area contributed by atoms with Crippen molar-refractivity contribution < 1.29 is 13.2 Å². The van der Waals surface area contributed by atoms with Gasteiger partial charge in [-0.25, -0.2) is 13.4 Å². The molecule has 2 aromatic rings. The van der Waals surface area contributed by atoms with Crippen molar-refractivity contribution in [1.29, 1.82) is 0 Å². The Morgan fingerprint density at radius 1 is 1.38 bits per heavy atom. The molecule has 2 rings (SSSR count). The van der Waals surface area contributed by atoms with Crippen LogP contribution in [0.5, 0.6) is 0 Å². The molecule has 0 spiro atoms. The van der Waals surface area contributed by atoms with Crippen LogP contribution < -0.4 is 5.32 Å². The molecule has 21 heavy (non-hydrogen) atoms. The normalized spacial score (nSPS) is 11.3. The average molecular weight is 307 g/mol. The van der Waals surface area contributed by atoms with Gasteiger partial charge in [0.1, 0.15) is 5.82 Å². The summed E-state index contributed by atoms with van der Waals surface area (Å²) in [7, 11) is -3.31. The number of carbonyl (C=O) groups is 1. The van der Waals surface area contributed by atoms with Crippen molar-refractivity contribution in [2.24, 2.45) is 0 Å². The first kappa shape index (κ1) is 15.2. The lowest BCUT2D eigenvalue weighted by Gasteiger charge is -2.06. The Labute approximate surface area is 123 Å². The molecule has 0 unspecified atom stereocenters. The number of amides is 1. The molecule has 0 aliphatic carbocycles. The van der Waals surface area contributed by atoms with Crippen LogP contribution in [-0.4, -0.2) is 37.1 Å². The van der Waals surface area contributed by atoms with Crippen molar-refractivity contribution in [3.8, 4) is 0 Å². The van der Waals surface area contributed by atoms with E-state index in [1.807, 2.05) is 0 Å². The van der Waals surface area contributed by atoms with Gasteiger partial charge in [0.15, 0.2) is 9.84 Å². The quantitative estimate of drug-likeness (QED) is 0.784. The molecule has 0 saturated heterocycles. The molecule has 0 saturated carbocycles. The Bertz CT molecular complexity index is 709. The summed E-state index contributed by atoms with van der Waals surface area (Å²) in [4.78, 5) is 19.2. The summed E-state index contributed by atoms with van der Waals surface area (Å²) in [5.74, 6) is 0.600. The van der Waals surface area contributed by atoms with Gasteiger partial charge in [-0.2, -0.15) is 0 Å². The van der Waals surface area contributed by atoms with E-state index in [0.29, 0.717) is 12.1 Å². The summed E-state index contributed by atoms with van der Waals surface area (Å²) in [5, 5.41) is 2.76. The maximum absolute atomic E-state index is 12.0. The van der Waals surface area contributed by atoms with Crippen LogP contribution in [0.4, 0.5) is 0 Å². The molecule has 112 valence electrons. The zero-order valence-electron chi connectivity index (χ0n) is 11.7. The number of sulfone groups is 1. The number of nitrogens with one attached hydrogen (secondary N) is 2. The highest BCUT2D eigenvalue weighted by molar-refractivity contribution is 7.90. The van der Waals surface area contributed by atoms with Crippen molar-refractivity contribution in [3.05, 3.63) is 48.0 Å². The third-order valence-electron chi connectivity index (χ3n) is 2.96. The minimum absolute atomic E-state index is 0.144. The standard InChI is InChI=1S/C14H17N3O3S/c1-21(19,20)12-5-2-4-11(10-12)14(18)17-7-3-6-13-15-8-9-16-13/h2,4-5,8-10H,3,6-7H2,1H3,(H,15,16)(H,17,18). The van der Waals surface area contributed by atoms with Gasteiger partial charge in [-0.05, 0) is 24.6 Å². The van der Waals surface area contributed by atoms with Gasteiger partial charge in [-0.3, -0.25) is 4.79 Å². The van der Waals surface area contributed by atoms with Crippen LogP contribution in [0.25, 0.3) is 0 Å². The fourth-order valence-corrected chi connectivity index (χ4v) is 2.53. The largest absolute Gasteiger partial charge is 0.352 e. The predicted octanol–water partition coefficient (Wildman–Crippen LogP) is 1.18. The Balaban J connectivity index is 1.88. The molecule has 7 heteroatoms. The van der Waals surface area contributed by atoms with E-state index >= 15 is 0 Å². The Morgan fingerprint density at radius 3 is 2.86 bits per heavy atom. The van der Waals surface area contributed by atoms with Crippen molar-refractivity contribution in [3.63, 3.8) is 0 Å². The first-order valence-corrected chi connectivity index (χ1v) is 8.42. The first-order valence-electron chi connectivity index (χ1n) is 6.53. The van der Waals surface area contributed by atoms with E-state index in [0.717, 1.165) is 24.9 Å². The van der Waals surface area contributed by atoms with Crippen molar-refractivity contribution in [1.82, 2.24) is 15.3 Å². The SMILES string of the molecule is CS(=O)(=O)c1cccc(C(=O)NCCCc2ncc[nH]2)c1. The summed E-state index contributed by atoms with van der Waals surface area (Å²) in [6.07, 6.45) is 6.06. The molecule has 2 N–H and O–H groups in total. The van der Waals surface area contributed by atoms with Crippen LogP contribution in [0.3, 0.4) is 0 Å². The van der Waals surface area contributed by atoms with Gasteiger partial charge in [0.2, 0.25) is 0 Å². The minimum Gasteiger partial charge on any atom is -0.352 e. The summed E-state index contributed by atoms with van der Waals surface area (Å²) >= 11 is 0. The maximum Gasteiger partial charge on any atom is 0.251 e. The van der Waals surface area contributed by atoms with Gasteiger partial charge < -0.3 is 10.3 Å². The Hall–Kier alpha value is -2.15. The van der Waals surface area contributed by atoms with Crippen LogP contribution >= 0.6 is 0 Å². The highest BCUT2D eigenvalue weighted by atomic mass is 32.2. The highest BCUT2D eigenvalue weighted by Crippen LogP contribution is 2.11. The van der Waals surface area contributed by atoms with Crippen molar-refractivity contribution >= 4 is 15.7 Å². The van der Waals surface area contributed by atoms with Crippen LogP contribution in [0.1, 0.15) is 22.6 Å². The van der Waals surface area contributed by atoms with Gasteiger partial charge in [0.25, 0.3) is 5.91 Å². The monoisotopic (exact) mass is 307 g/mol. The molecule has 1 aromatic heterocycles. The van der Waals surface area contributed by atoms with Gasteiger partial charge in [-0.1, -0.05) is 6.07 Å². The lowest BCUT2D eigenvalue weighted by Crippen LogP contribution is -2.25. The first-order chi connectivity index (χ1) is 9.97. The van der Waals surface area contributed by atoms with Crippen LogP contribution in [0.2, 0.25) is 0 Å². The van der Waals surface area contributed by atoms with Crippen LogP contribution in [0, 0.1) is 0 Å². The second-order valence-corrected chi connectivity index (χ2v) is 6.71. The number of imidazole rings is 1. The van der Waals surface area contributed by atoms with Crippen LogP contribution in [0.15, 0.2) is 41.6 Å². The van der Waals surface area contributed by atoms with E-state index in [9.17, 15) is 13.2 Å². The second-order valence-electron chi connectivity index (χ2n) is 4.70. The fraction of sp³-hybridized carbons (Fsp3) is 0.286. The van der Waals surface area contributed by atoms with E-state index < -0.39 is 9.84 Å². The molecule has 1 aromatic carbocycles. The molecule has 1 heterocycles. The number of benzene rings is 1. The van der Waals surface area contributed by atoms with Gasteiger partial charge in [0.05, 0.1) is 4.90 Å². The number of hydrogen-bond donors (Lipinski definition) is 2.